The van der Waals surface area contributed by atoms with E-state index in [4.69, 9.17) is 9.15 Å². The van der Waals surface area contributed by atoms with Gasteiger partial charge in [-0.3, -0.25) is 4.99 Å². The third-order valence-corrected chi connectivity index (χ3v) is 4.45. The number of hydrogen-bond donors (Lipinski definition) is 2. The SMILES string of the molecule is CSCCNC(=NCCC1CCCCO1)NCCc1ccco1.I. The van der Waals surface area contributed by atoms with Crippen molar-refractivity contribution in [3.8, 4) is 0 Å². The maximum absolute atomic E-state index is 5.76. The largest absolute Gasteiger partial charge is 0.469 e. The molecule has 1 saturated heterocycles. The molecule has 2 N–H and O–H groups in total. The standard InChI is InChI=1S/C17H29N3O2S.HI/c1-23-14-11-20-17(19-10-8-16-6-4-13-22-16)18-9-7-15-5-2-3-12-21-15;/h4,6,13,15H,2-3,5,7-12,14H2,1H3,(H2,18,19,20);1H. The van der Waals surface area contributed by atoms with Crippen molar-refractivity contribution in [3.05, 3.63) is 24.2 Å². The Morgan fingerprint density at radius 1 is 1.33 bits per heavy atom. The summed E-state index contributed by atoms with van der Waals surface area (Å²) in [5.74, 6) is 2.96. The van der Waals surface area contributed by atoms with E-state index in [1.165, 1.54) is 19.3 Å². The summed E-state index contributed by atoms with van der Waals surface area (Å²) < 4.78 is 11.1. The van der Waals surface area contributed by atoms with Crippen LogP contribution in [0.5, 0.6) is 0 Å². The van der Waals surface area contributed by atoms with E-state index in [1.54, 1.807) is 6.26 Å². The van der Waals surface area contributed by atoms with Crippen LogP contribution in [0.1, 0.15) is 31.4 Å². The van der Waals surface area contributed by atoms with Gasteiger partial charge in [-0.2, -0.15) is 11.8 Å². The lowest BCUT2D eigenvalue weighted by Gasteiger charge is -2.21. The number of nitrogens with one attached hydrogen (secondary N) is 2. The lowest BCUT2D eigenvalue weighted by Crippen LogP contribution is -2.39. The van der Waals surface area contributed by atoms with Gasteiger partial charge < -0.3 is 19.8 Å². The van der Waals surface area contributed by atoms with Gasteiger partial charge >= 0.3 is 0 Å². The molecule has 1 atom stereocenters. The van der Waals surface area contributed by atoms with E-state index in [0.29, 0.717) is 6.10 Å². The number of thioether (sulfide) groups is 1. The van der Waals surface area contributed by atoms with Crippen molar-refractivity contribution in [1.82, 2.24) is 10.6 Å². The van der Waals surface area contributed by atoms with E-state index in [2.05, 4.69) is 21.9 Å². The first-order chi connectivity index (χ1) is 11.4. The van der Waals surface area contributed by atoms with Gasteiger partial charge in [-0.25, -0.2) is 0 Å². The van der Waals surface area contributed by atoms with E-state index in [9.17, 15) is 0 Å². The summed E-state index contributed by atoms with van der Waals surface area (Å²) in [6.07, 6.45) is 9.76. The second-order valence-electron chi connectivity index (χ2n) is 5.68. The van der Waals surface area contributed by atoms with Crippen molar-refractivity contribution < 1.29 is 9.15 Å². The quantitative estimate of drug-likeness (QED) is 0.253. The molecule has 138 valence electrons. The van der Waals surface area contributed by atoms with Gasteiger partial charge in [0.1, 0.15) is 5.76 Å². The Morgan fingerprint density at radius 3 is 2.92 bits per heavy atom. The van der Waals surface area contributed by atoms with E-state index < -0.39 is 0 Å². The van der Waals surface area contributed by atoms with E-state index in [0.717, 1.165) is 56.6 Å². The maximum atomic E-state index is 5.76. The van der Waals surface area contributed by atoms with Gasteiger partial charge in [0.2, 0.25) is 0 Å². The second kappa shape index (κ2) is 13.8. The molecule has 1 aromatic heterocycles. The summed E-state index contributed by atoms with van der Waals surface area (Å²) in [4.78, 5) is 4.68. The van der Waals surface area contributed by atoms with Gasteiger partial charge in [-0.15, -0.1) is 24.0 Å². The number of rotatable bonds is 9. The number of furan rings is 1. The predicted molar refractivity (Wildman–Crippen MR) is 113 cm³/mol. The summed E-state index contributed by atoms with van der Waals surface area (Å²) in [7, 11) is 0. The van der Waals surface area contributed by atoms with Crippen LogP contribution in [0, 0.1) is 0 Å². The Balaban J connectivity index is 0.00000288. The highest BCUT2D eigenvalue weighted by Gasteiger charge is 2.13. The molecule has 2 heterocycles. The van der Waals surface area contributed by atoms with Gasteiger partial charge in [-0.1, -0.05) is 0 Å². The molecule has 0 spiro atoms. The van der Waals surface area contributed by atoms with Crippen molar-refractivity contribution >= 4 is 41.7 Å². The zero-order chi connectivity index (χ0) is 16.2. The zero-order valence-corrected chi connectivity index (χ0v) is 17.6. The summed E-state index contributed by atoms with van der Waals surface area (Å²) in [5.41, 5.74) is 0. The number of ether oxygens (including phenoxy) is 1. The van der Waals surface area contributed by atoms with Crippen molar-refractivity contribution in [2.75, 3.05) is 38.2 Å². The molecule has 0 bridgehead atoms. The lowest BCUT2D eigenvalue weighted by atomic mass is 10.1. The molecule has 0 radical (unpaired) electrons. The predicted octanol–water partition coefficient (Wildman–Crippen LogP) is 3.30. The van der Waals surface area contributed by atoms with Gasteiger partial charge in [-0.05, 0) is 44.1 Å². The molecule has 1 fully saturated rings. The highest BCUT2D eigenvalue weighted by atomic mass is 127. The first-order valence-electron chi connectivity index (χ1n) is 8.53. The number of aliphatic imine (C=N–C) groups is 1. The van der Waals surface area contributed by atoms with E-state index >= 15 is 0 Å². The number of guanidine groups is 1. The zero-order valence-electron chi connectivity index (χ0n) is 14.5. The van der Waals surface area contributed by atoms with Crippen LogP contribution in [-0.2, 0) is 11.2 Å². The molecular weight excluding hydrogens is 437 g/mol. The number of halogens is 1. The lowest BCUT2D eigenvalue weighted by molar-refractivity contribution is 0.0129. The summed E-state index contributed by atoms with van der Waals surface area (Å²) in [6, 6.07) is 3.92. The molecule has 1 aliphatic rings. The molecule has 7 heteroatoms. The third kappa shape index (κ3) is 9.17. The normalized spacial score (nSPS) is 18.0. The Morgan fingerprint density at radius 2 is 2.21 bits per heavy atom. The molecule has 1 aliphatic heterocycles. The summed E-state index contributed by atoms with van der Waals surface area (Å²) in [6.45, 7) is 3.46. The highest BCUT2D eigenvalue weighted by Crippen LogP contribution is 2.15. The van der Waals surface area contributed by atoms with Crippen molar-refractivity contribution in [2.24, 2.45) is 4.99 Å². The first-order valence-corrected chi connectivity index (χ1v) is 9.93. The van der Waals surface area contributed by atoms with Crippen LogP contribution in [0.4, 0.5) is 0 Å². The van der Waals surface area contributed by atoms with Gasteiger partial charge in [0.05, 0.1) is 12.4 Å². The van der Waals surface area contributed by atoms with Crippen LogP contribution in [0.3, 0.4) is 0 Å². The van der Waals surface area contributed by atoms with Gasteiger partial charge in [0.25, 0.3) is 0 Å². The molecule has 1 aromatic rings. The molecule has 24 heavy (non-hydrogen) atoms. The molecule has 0 saturated carbocycles. The van der Waals surface area contributed by atoms with Crippen LogP contribution in [0.2, 0.25) is 0 Å². The Labute approximate surface area is 166 Å². The minimum Gasteiger partial charge on any atom is -0.469 e. The van der Waals surface area contributed by atoms with Crippen LogP contribution in [0.15, 0.2) is 27.8 Å². The van der Waals surface area contributed by atoms with E-state index in [1.807, 2.05) is 23.9 Å². The average molecular weight is 467 g/mol. The Kier molecular flexibility index (Phi) is 12.5. The molecule has 0 aromatic carbocycles. The monoisotopic (exact) mass is 467 g/mol. The minimum absolute atomic E-state index is 0. The smallest absolute Gasteiger partial charge is 0.191 e. The number of hydrogen-bond acceptors (Lipinski definition) is 4. The van der Waals surface area contributed by atoms with Crippen LogP contribution in [0.25, 0.3) is 0 Å². The van der Waals surface area contributed by atoms with E-state index in [-0.39, 0.29) is 24.0 Å². The third-order valence-electron chi connectivity index (χ3n) is 3.84. The van der Waals surface area contributed by atoms with Crippen molar-refractivity contribution in [1.29, 1.82) is 0 Å². The Bertz CT molecular complexity index is 437. The molecule has 5 nitrogen and oxygen atoms in total. The van der Waals surface area contributed by atoms with Crippen LogP contribution >= 0.6 is 35.7 Å². The molecule has 0 amide bonds. The first kappa shape index (κ1) is 21.6. The average Bonchev–Trinajstić information content (AvgIpc) is 3.09. The summed E-state index contributed by atoms with van der Waals surface area (Å²) in [5, 5.41) is 6.77. The fraction of sp³-hybridized carbons (Fsp3) is 0.706. The fourth-order valence-corrected chi connectivity index (χ4v) is 2.87. The molecule has 2 rings (SSSR count). The minimum atomic E-state index is 0. The highest BCUT2D eigenvalue weighted by molar-refractivity contribution is 14.0. The summed E-state index contributed by atoms with van der Waals surface area (Å²) >= 11 is 1.83. The molecular formula is C17H30IN3O2S. The number of nitrogens with zero attached hydrogens (tertiary/aromatic N) is 1. The van der Waals surface area contributed by atoms with Gasteiger partial charge in [0.15, 0.2) is 5.96 Å². The second-order valence-corrected chi connectivity index (χ2v) is 6.67. The van der Waals surface area contributed by atoms with Crippen LogP contribution in [-0.4, -0.2) is 50.3 Å². The van der Waals surface area contributed by atoms with Crippen LogP contribution < -0.4 is 10.6 Å². The molecule has 1 unspecified atom stereocenters. The van der Waals surface area contributed by atoms with Crippen molar-refractivity contribution in [2.45, 2.75) is 38.2 Å². The van der Waals surface area contributed by atoms with Crippen molar-refractivity contribution in [3.63, 3.8) is 0 Å². The molecule has 0 aliphatic carbocycles. The maximum Gasteiger partial charge on any atom is 0.191 e. The fourth-order valence-electron chi connectivity index (χ4n) is 2.56. The topological polar surface area (TPSA) is 58.8 Å². The van der Waals surface area contributed by atoms with Gasteiger partial charge in [0, 0.05) is 38.4 Å². The Hall–Kier alpha value is -0.410.